The van der Waals surface area contributed by atoms with Crippen molar-refractivity contribution in [2.24, 2.45) is 0 Å². The molecule has 2 aromatic rings. The van der Waals surface area contributed by atoms with Gasteiger partial charge in [-0.1, -0.05) is 12.1 Å². The summed E-state index contributed by atoms with van der Waals surface area (Å²) in [7, 11) is 0. The van der Waals surface area contributed by atoms with Crippen molar-refractivity contribution >= 4 is 11.9 Å². The van der Waals surface area contributed by atoms with E-state index in [-0.39, 0.29) is 114 Å². The van der Waals surface area contributed by atoms with Crippen LogP contribution in [0.3, 0.4) is 0 Å². The summed E-state index contributed by atoms with van der Waals surface area (Å²) in [5, 5.41) is 20.1. The van der Waals surface area contributed by atoms with E-state index in [4.69, 9.17) is 0 Å². The van der Waals surface area contributed by atoms with Gasteiger partial charge in [0.1, 0.15) is 0 Å². The second-order valence-electron chi connectivity index (χ2n) is 3.00. The van der Waals surface area contributed by atoms with Gasteiger partial charge in [0.25, 0.3) is 0 Å². The smallest absolute Gasteiger partial charge is 0.543 e. The van der Waals surface area contributed by atoms with Crippen LogP contribution in [0, 0.1) is 0 Å². The number of carbonyl (C=O) groups is 2. The number of pyridine rings is 2. The molecule has 0 fully saturated rings. The van der Waals surface area contributed by atoms with Crippen LogP contribution in [-0.4, -0.2) is 21.9 Å². The molecule has 0 saturated carbocycles. The Balaban J connectivity index is 0. The maximum Gasteiger partial charge on any atom is 1.00 e. The molecule has 2 heterocycles. The molecule has 0 aliphatic rings. The molecule has 0 atom stereocenters. The van der Waals surface area contributed by atoms with E-state index < -0.39 is 11.9 Å². The third kappa shape index (κ3) is 9.45. The first-order chi connectivity index (χ1) is 8.61. The zero-order chi connectivity index (χ0) is 13.4. The normalized spacial score (nSPS) is 8.00. The van der Waals surface area contributed by atoms with Crippen molar-refractivity contribution in [3.8, 4) is 0 Å². The SMILES string of the molecule is O=C([O-])c1ccccn1.O=C([O-])c1ccccn1.[K+].[K+]. The zero-order valence-electron chi connectivity index (χ0n) is 11.1. The van der Waals surface area contributed by atoms with Crippen LogP contribution in [0.5, 0.6) is 0 Å². The van der Waals surface area contributed by atoms with Gasteiger partial charge in [-0.25, -0.2) is 0 Å². The first-order valence-corrected chi connectivity index (χ1v) is 4.86. The average Bonchev–Trinajstić information content (AvgIpc) is 2.41. The molecular formula is C12H8K2N2O4. The zero-order valence-corrected chi connectivity index (χ0v) is 17.4. The summed E-state index contributed by atoms with van der Waals surface area (Å²) in [5.41, 5.74) is -0.0602. The van der Waals surface area contributed by atoms with Gasteiger partial charge in [0.15, 0.2) is 0 Å². The Bertz CT molecular complexity index is 474. The number of carboxylic acids is 2. The van der Waals surface area contributed by atoms with Gasteiger partial charge in [-0.05, 0) is 24.3 Å². The number of hydrogen-bond donors (Lipinski definition) is 0. The van der Waals surface area contributed by atoms with E-state index in [2.05, 4.69) is 9.97 Å². The molecule has 0 bridgehead atoms. The standard InChI is InChI=1S/2C6H5NO2.2K/c2*8-6(9)5-3-1-2-4-7-5;;/h2*1-4H,(H,8,9);;/q;;2*+1/p-2. The van der Waals surface area contributed by atoms with Crippen LogP contribution in [-0.2, 0) is 0 Å². The molecular weight excluding hydrogens is 314 g/mol. The largest absolute Gasteiger partial charge is 1.00 e. The van der Waals surface area contributed by atoms with Crippen LogP contribution in [0.25, 0.3) is 0 Å². The summed E-state index contributed by atoms with van der Waals surface area (Å²) in [6.45, 7) is 0. The van der Waals surface area contributed by atoms with Gasteiger partial charge < -0.3 is 19.8 Å². The summed E-state index contributed by atoms with van der Waals surface area (Å²) in [6.07, 6.45) is 2.82. The fraction of sp³-hybridized carbons (Fsp3) is 0. The minimum absolute atomic E-state index is 0. The Labute approximate surface area is 200 Å². The van der Waals surface area contributed by atoms with E-state index in [1.807, 2.05) is 0 Å². The molecule has 0 spiro atoms. The first-order valence-electron chi connectivity index (χ1n) is 4.86. The molecule has 0 radical (unpaired) electrons. The van der Waals surface area contributed by atoms with Gasteiger partial charge in [0, 0.05) is 12.4 Å². The Morgan fingerprint density at radius 1 is 0.750 bits per heavy atom. The number of aromatic nitrogens is 2. The van der Waals surface area contributed by atoms with Crippen molar-refractivity contribution in [2.75, 3.05) is 0 Å². The maximum absolute atomic E-state index is 10.0. The number of carboxylic acid groups (broad SMARTS) is 2. The molecule has 0 aromatic carbocycles. The third-order valence-corrected chi connectivity index (χ3v) is 1.75. The summed E-state index contributed by atoms with van der Waals surface area (Å²) in [5.74, 6) is -2.48. The van der Waals surface area contributed by atoms with Crippen molar-refractivity contribution in [3.63, 3.8) is 0 Å². The fourth-order valence-electron chi connectivity index (χ4n) is 0.967. The van der Waals surface area contributed by atoms with Crippen LogP contribution >= 0.6 is 0 Å². The van der Waals surface area contributed by atoms with E-state index in [1.165, 1.54) is 24.5 Å². The van der Waals surface area contributed by atoms with Crippen molar-refractivity contribution < 1.29 is 123 Å². The molecule has 92 valence electrons. The molecule has 8 heteroatoms. The van der Waals surface area contributed by atoms with Gasteiger partial charge in [-0.15, -0.1) is 0 Å². The van der Waals surface area contributed by atoms with Crippen molar-refractivity contribution in [1.29, 1.82) is 0 Å². The second-order valence-corrected chi connectivity index (χ2v) is 3.00. The van der Waals surface area contributed by atoms with Crippen LogP contribution < -0.4 is 113 Å². The van der Waals surface area contributed by atoms with Gasteiger partial charge in [-0.2, -0.15) is 0 Å². The third-order valence-electron chi connectivity index (χ3n) is 1.75. The van der Waals surface area contributed by atoms with Gasteiger partial charge in [-0.3, -0.25) is 9.97 Å². The molecule has 0 aliphatic heterocycles. The number of nitrogens with zero attached hydrogens (tertiary/aromatic N) is 2. The van der Waals surface area contributed by atoms with Crippen molar-refractivity contribution in [3.05, 3.63) is 60.2 Å². The van der Waals surface area contributed by atoms with E-state index in [0.29, 0.717) is 0 Å². The molecule has 6 nitrogen and oxygen atoms in total. The number of carbonyl (C=O) groups excluding carboxylic acids is 2. The van der Waals surface area contributed by atoms with Gasteiger partial charge >= 0.3 is 103 Å². The van der Waals surface area contributed by atoms with E-state index in [0.717, 1.165) is 0 Å². The van der Waals surface area contributed by atoms with Crippen molar-refractivity contribution in [1.82, 2.24) is 9.97 Å². The number of aromatic carboxylic acids is 2. The fourth-order valence-corrected chi connectivity index (χ4v) is 0.967. The predicted molar refractivity (Wildman–Crippen MR) is 57.1 cm³/mol. The molecule has 0 saturated heterocycles. The van der Waals surface area contributed by atoms with Gasteiger partial charge in [0.05, 0.1) is 23.3 Å². The van der Waals surface area contributed by atoms with E-state index in [9.17, 15) is 19.8 Å². The maximum atomic E-state index is 10.0. The Kier molecular flexibility index (Phi) is 15.0. The first kappa shape index (κ1) is 22.8. The van der Waals surface area contributed by atoms with E-state index >= 15 is 0 Å². The summed E-state index contributed by atoms with van der Waals surface area (Å²) >= 11 is 0. The Morgan fingerprint density at radius 3 is 1.25 bits per heavy atom. The average molecular weight is 322 g/mol. The summed E-state index contributed by atoms with van der Waals surface area (Å²) in [4.78, 5) is 27.1. The number of hydrogen-bond acceptors (Lipinski definition) is 6. The molecule has 0 aliphatic carbocycles. The molecule has 0 unspecified atom stereocenters. The van der Waals surface area contributed by atoms with E-state index in [1.54, 1.807) is 24.3 Å². The minimum Gasteiger partial charge on any atom is -0.543 e. The monoisotopic (exact) mass is 322 g/mol. The molecule has 20 heavy (non-hydrogen) atoms. The summed E-state index contributed by atoms with van der Waals surface area (Å²) < 4.78 is 0. The van der Waals surface area contributed by atoms with Crippen LogP contribution in [0.2, 0.25) is 0 Å². The van der Waals surface area contributed by atoms with Crippen LogP contribution in [0.4, 0.5) is 0 Å². The molecule has 0 amide bonds. The molecule has 2 rings (SSSR count). The molecule has 0 N–H and O–H groups in total. The quantitative estimate of drug-likeness (QED) is 0.509. The second kappa shape index (κ2) is 13.2. The topological polar surface area (TPSA) is 106 Å². The van der Waals surface area contributed by atoms with Gasteiger partial charge in [0.2, 0.25) is 0 Å². The predicted octanol–water partition coefficient (Wildman–Crippen LogP) is -7.10. The van der Waals surface area contributed by atoms with Crippen LogP contribution in [0.1, 0.15) is 21.0 Å². The Hall–Kier alpha value is 0.513. The van der Waals surface area contributed by atoms with Crippen LogP contribution in [0.15, 0.2) is 48.8 Å². The van der Waals surface area contributed by atoms with Crippen molar-refractivity contribution in [2.45, 2.75) is 0 Å². The minimum atomic E-state index is -1.24. The number of rotatable bonds is 2. The molecule has 2 aromatic heterocycles. The summed E-state index contributed by atoms with van der Waals surface area (Å²) in [6, 6.07) is 9.25. The Morgan fingerprint density at radius 2 is 1.10 bits per heavy atom.